The van der Waals surface area contributed by atoms with Gasteiger partial charge in [0.2, 0.25) is 5.82 Å². The van der Waals surface area contributed by atoms with Crippen LogP contribution in [0.5, 0.6) is 0 Å². The molecular weight excluding hydrogens is 485 g/mol. The van der Waals surface area contributed by atoms with E-state index in [1.54, 1.807) is 6.20 Å². The molecule has 0 spiro atoms. The lowest BCUT2D eigenvalue weighted by molar-refractivity contribution is 0.386. The van der Waals surface area contributed by atoms with Gasteiger partial charge >= 0.3 is 0 Å². The average molecular weight is 508 g/mol. The van der Waals surface area contributed by atoms with E-state index in [0.29, 0.717) is 27.7 Å². The van der Waals surface area contributed by atoms with Crippen LogP contribution in [-0.4, -0.2) is 43.9 Å². The maximum atomic E-state index is 6.49. The Kier molecular flexibility index (Phi) is 6.00. The quantitative estimate of drug-likeness (QED) is 0.340. The average Bonchev–Trinajstić information content (AvgIpc) is 3.41. The number of halogens is 2. The van der Waals surface area contributed by atoms with Crippen LogP contribution < -0.4 is 4.90 Å². The largest absolute Gasteiger partial charge is 0.360 e. The van der Waals surface area contributed by atoms with E-state index in [4.69, 9.17) is 27.7 Å². The van der Waals surface area contributed by atoms with Crippen LogP contribution >= 0.6 is 23.2 Å². The fourth-order valence-electron chi connectivity index (χ4n) is 4.56. The zero-order valence-corrected chi connectivity index (χ0v) is 20.4. The van der Waals surface area contributed by atoms with E-state index in [1.165, 1.54) is 0 Å². The van der Waals surface area contributed by atoms with E-state index in [1.807, 2.05) is 30.3 Å². The summed E-state index contributed by atoms with van der Waals surface area (Å²) in [6, 6.07) is 9.50. The van der Waals surface area contributed by atoms with E-state index in [0.717, 1.165) is 72.7 Å². The van der Waals surface area contributed by atoms with E-state index in [2.05, 4.69) is 47.8 Å². The van der Waals surface area contributed by atoms with Crippen LogP contribution in [0.4, 0.5) is 5.82 Å². The van der Waals surface area contributed by atoms with Crippen LogP contribution in [0.25, 0.3) is 28.7 Å². The number of benzene rings is 1. The number of H-pyrrole nitrogens is 1. The molecular formula is C25H23Cl2N7O. The molecule has 2 aliphatic rings. The lowest BCUT2D eigenvalue weighted by atomic mass is 9.94. The predicted octanol–water partition coefficient (Wildman–Crippen LogP) is 6.03. The van der Waals surface area contributed by atoms with Gasteiger partial charge in [0.25, 0.3) is 0 Å². The summed E-state index contributed by atoms with van der Waals surface area (Å²) < 4.78 is 5.79. The number of anilines is 1. The Morgan fingerprint density at radius 1 is 1.03 bits per heavy atom. The Bertz CT molecular complexity index is 1320. The third-order valence-corrected chi connectivity index (χ3v) is 7.28. The van der Waals surface area contributed by atoms with Crippen molar-refractivity contribution in [2.24, 2.45) is 5.92 Å². The van der Waals surface area contributed by atoms with Gasteiger partial charge in [0, 0.05) is 41.9 Å². The Morgan fingerprint density at radius 2 is 1.83 bits per heavy atom. The summed E-state index contributed by atoms with van der Waals surface area (Å²) >= 11 is 13.0. The molecule has 35 heavy (non-hydrogen) atoms. The molecule has 0 unspecified atom stereocenters. The third kappa shape index (κ3) is 4.56. The highest BCUT2D eigenvalue weighted by Crippen LogP contribution is 2.46. The number of nitrogens with zero attached hydrogens (tertiary/aromatic N) is 6. The normalized spacial score (nSPS) is 16.9. The maximum absolute atomic E-state index is 6.49. The third-order valence-electron chi connectivity index (χ3n) is 6.65. The van der Waals surface area contributed by atoms with Crippen molar-refractivity contribution in [2.75, 3.05) is 18.0 Å². The highest BCUT2D eigenvalue weighted by Gasteiger charge is 2.32. The molecule has 178 valence electrons. The maximum Gasteiger partial charge on any atom is 0.206 e. The molecule has 1 N–H and O–H groups in total. The fourth-order valence-corrected chi connectivity index (χ4v) is 5.13. The molecule has 0 amide bonds. The van der Waals surface area contributed by atoms with Gasteiger partial charge < -0.3 is 9.42 Å². The number of piperidine rings is 1. The van der Waals surface area contributed by atoms with Crippen molar-refractivity contribution in [1.29, 1.82) is 0 Å². The van der Waals surface area contributed by atoms with Gasteiger partial charge in [-0.3, -0.25) is 0 Å². The molecule has 10 heteroatoms. The highest BCUT2D eigenvalue weighted by molar-refractivity contribution is 6.39. The zero-order valence-electron chi connectivity index (χ0n) is 18.9. The Morgan fingerprint density at radius 3 is 2.49 bits per heavy atom. The summed E-state index contributed by atoms with van der Waals surface area (Å²) in [5.41, 5.74) is 3.30. The van der Waals surface area contributed by atoms with Gasteiger partial charge in [0.1, 0.15) is 17.3 Å². The van der Waals surface area contributed by atoms with Gasteiger partial charge in [-0.05, 0) is 61.1 Å². The molecule has 3 aromatic heterocycles. The molecule has 0 bridgehead atoms. The van der Waals surface area contributed by atoms with E-state index < -0.39 is 0 Å². The second-order valence-electron chi connectivity index (χ2n) is 9.00. The van der Waals surface area contributed by atoms with Crippen molar-refractivity contribution in [1.82, 2.24) is 30.8 Å². The summed E-state index contributed by atoms with van der Waals surface area (Å²) in [6.07, 6.45) is 10.6. The van der Waals surface area contributed by atoms with E-state index in [-0.39, 0.29) is 0 Å². The van der Waals surface area contributed by atoms with Crippen molar-refractivity contribution in [3.05, 3.63) is 64.0 Å². The monoisotopic (exact) mass is 507 g/mol. The minimum absolute atomic E-state index is 0.431. The van der Waals surface area contributed by atoms with Gasteiger partial charge in [0.15, 0.2) is 0 Å². The number of allylic oxidation sites excluding steroid dienone is 1. The van der Waals surface area contributed by atoms with E-state index in [9.17, 15) is 0 Å². The fraction of sp³-hybridized carbons (Fsp3) is 0.320. The molecule has 0 atom stereocenters. The van der Waals surface area contributed by atoms with Gasteiger partial charge in [-0.25, -0.2) is 4.98 Å². The molecule has 1 saturated carbocycles. The van der Waals surface area contributed by atoms with Crippen molar-refractivity contribution < 1.29 is 4.52 Å². The second kappa shape index (κ2) is 9.43. The van der Waals surface area contributed by atoms with Crippen LogP contribution in [-0.2, 0) is 0 Å². The summed E-state index contributed by atoms with van der Waals surface area (Å²) in [7, 11) is 0. The minimum atomic E-state index is 0.431. The summed E-state index contributed by atoms with van der Waals surface area (Å²) in [5, 5.41) is 19.6. The first-order valence-electron chi connectivity index (χ1n) is 11.7. The standard InChI is InChI=1S/C25H23Cl2N7O/c26-19-2-1-3-20(27)22(19)23-18(24(35-31-23)16-5-6-16)8-4-15-10-12-34(13-11-15)21-9-7-17(14-28-21)25-29-32-33-30-25/h1-4,7-9,14-16H,5-6,10-13H2,(H,29,30,32,33)/b8-4+. The van der Waals surface area contributed by atoms with Gasteiger partial charge in [-0.2, -0.15) is 5.21 Å². The molecule has 4 aromatic rings. The number of pyridine rings is 1. The molecule has 6 rings (SSSR count). The number of hydrogen-bond donors (Lipinski definition) is 1. The Balaban J connectivity index is 1.17. The lowest BCUT2D eigenvalue weighted by Crippen LogP contribution is -2.33. The van der Waals surface area contributed by atoms with Crippen LogP contribution in [0.1, 0.15) is 42.9 Å². The highest BCUT2D eigenvalue weighted by atomic mass is 35.5. The van der Waals surface area contributed by atoms with Gasteiger partial charge in [0.05, 0.1) is 10.0 Å². The van der Waals surface area contributed by atoms with Crippen LogP contribution in [0.2, 0.25) is 10.0 Å². The molecule has 1 aliphatic heterocycles. The number of aromatic amines is 1. The first-order valence-corrected chi connectivity index (χ1v) is 12.5. The smallest absolute Gasteiger partial charge is 0.206 e. The van der Waals surface area contributed by atoms with Crippen LogP contribution in [0, 0.1) is 5.92 Å². The molecule has 1 aromatic carbocycles. The number of aromatic nitrogens is 6. The summed E-state index contributed by atoms with van der Waals surface area (Å²) in [6.45, 7) is 1.87. The first kappa shape index (κ1) is 22.2. The minimum Gasteiger partial charge on any atom is -0.360 e. The second-order valence-corrected chi connectivity index (χ2v) is 9.82. The van der Waals surface area contributed by atoms with Crippen LogP contribution in [0.15, 0.2) is 47.1 Å². The zero-order chi connectivity index (χ0) is 23.8. The molecule has 1 saturated heterocycles. The molecule has 4 heterocycles. The topological polar surface area (TPSA) is 96.6 Å². The van der Waals surface area contributed by atoms with Crippen molar-refractivity contribution in [3.8, 4) is 22.6 Å². The number of tetrazole rings is 1. The first-order chi connectivity index (χ1) is 17.2. The van der Waals surface area contributed by atoms with Crippen molar-refractivity contribution in [2.45, 2.75) is 31.6 Å². The molecule has 1 aliphatic carbocycles. The van der Waals surface area contributed by atoms with Gasteiger partial charge in [-0.1, -0.05) is 46.6 Å². The molecule has 2 fully saturated rings. The van der Waals surface area contributed by atoms with Gasteiger partial charge in [-0.15, -0.1) is 10.2 Å². The predicted molar refractivity (Wildman–Crippen MR) is 135 cm³/mol. The molecule has 0 radical (unpaired) electrons. The Labute approximate surface area is 212 Å². The SMILES string of the molecule is Clc1cccc(Cl)c1-c1noc(C2CC2)c1/C=C/C1CCN(c2ccc(-c3nn[nH]n3)cn2)CC1. The van der Waals surface area contributed by atoms with Crippen molar-refractivity contribution in [3.63, 3.8) is 0 Å². The number of rotatable bonds is 6. The molecule has 8 nitrogen and oxygen atoms in total. The van der Waals surface area contributed by atoms with E-state index >= 15 is 0 Å². The number of hydrogen-bond acceptors (Lipinski definition) is 7. The number of nitrogens with one attached hydrogen (secondary N) is 1. The summed E-state index contributed by atoms with van der Waals surface area (Å²) in [5.74, 6) is 3.34. The lowest BCUT2D eigenvalue weighted by Gasteiger charge is -2.31. The van der Waals surface area contributed by atoms with Crippen molar-refractivity contribution >= 4 is 35.1 Å². The Hall–Kier alpha value is -3.23. The summed E-state index contributed by atoms with van der Waals surface area (Å²) in [4.78, 5) is 6.92. The van der Waals surface area contributed by atoms with Crippen LogP contribution in [0.3, 0.4) is 0 Å².